The molecule has 3 N–H and O–H groups in total. The Kier molecular flexibility index (Phi) is 10.3. The summed E-state index contributed by atoms with van der Waals surface area (Å²) in [7, 11) is 1.28. The Morgan fingerprint density at radius 1 is 1.22 bits per heavy atom. The second kappa shape index (κ2) is 11.4. The summed E-state index contributed by atoms with van der Waals surface area (Å²) in [5.74, 6) is -0.444. The summed E-state index contributed by atoms with van der Waals surface area (Å²) >= 11 is 0. The lowest BCUT2D eigenvalue weighted by atomic mass is 10.0. The molecule has 128 valence electrons. The normalized spacial score (nSPS) is 12.4. The Morgan fingerprint density at radius 2 is 1.78 bits per heavy atom. The fourth-order valence-electron chi connectivity index (χ4n) is 1.70. The van der Waals surface area contributed by atoms with Crippen LogP contribution >= 0.6 is 0 Å². The number of hydrogen-bond acceptors (Lipinski definition) is 5. The Balaban J connectivity index is 0.000000502. The van der Waals surface area contributed by atoms with Crippen LogP contribution in [0.1, 0.15) is 37.6 Å². The van der Waals surface area contributed by atoms with E-state index in [9.17, 15) is 14.4 Å². The molecular weight excluding hydrogens is 296 g/mol. The standard InChI is InChI=1S/C10H20N2O3.C7H6O/c1-6(2)5-8(11)9(13)12-7(3)10(14)15-4;8-6-7-4-2-1-3-5-7/h6-8H,5,11H2,1-4H3,(H,12,13);1-6H/t7-,8-;/m0./s1. The molecule has 2 atom stereocenters. The Hall–Kier alpha value is -2.21. The van der Waals surface area contributed by atoms with Crippen LogP contribution in [0.25, 0.3) is 0 Å². The van der Waals surface area contributed by atoms with Crippen molar-refractivity contribution in [3.8, 4) is 0 Å². The van der Waals surface area contributed by atoms with Gasteiger partial charge in [-0.3, -0.25) is 9.59 Å². The molecule has 6 heteroatoms. The topological polar surface area (TPSA) is 98.5 Å². The van der Waals surface area contributed by atoms with Crippen LogP contribution in [0.3, 0.4) is 0 Å². The van der Waals surface area contributed by atoms with E-state index in [0.717, 1.165) is 11.8 Å². The molecule has 0 aliphatic heterocycles. The highest BCUT2D eigenvalue weighted by Gasteiger charge is 2.20. The first-order valence-electron chi connectivity index (χ1n) is 7.45. The first kappa shape index (κ1) is 20.8. The molecule has 0 heterocycles. The molecule has 0 aliphatic carbocycles. The third-order valence-electron chi connectivity index (χ3n) is 2.91. The summed E-state index contributed by atoms with van der Waals surface area (Å²) in [6, 6.07) is 7.87. The van der Waals surface area contributed by atoms with Gasteiger partial charge in [-0.15, -0.1) is 0 Å². The number of ether oxygens (including phenoxy) is 1. The van der Waals surface area contributed by atoms with E-state index in [1.165, 1.54) is 7.11 Å². The fraction of sp³-hybridized carbons (Fsp3) is 0.471. The van der Waals surface area contributed by atoms with Crippen LogP contribution in [0.15, 0.2) is 30.3 Å². The maximum absolute atomic E-state index is 11.5. The van der Waals surface area contributed by atoms with E-state index >= 15 is 0 Å². The molecule has 6 nitrogen and oxygen atoms in total. The van der Waals surface area contributed by atoms with Crippen molar-refractivity contribution >= 4 is 18.2 Å². The maximum atomic E-state index is 11.5. The maximum Gasteiger partial charge on any atom is 0.328 e. The van der Waals surface area contributed by atoms with E-state index in [-0.39, 0.29) is 5.91 Å². The van der Waals surface area contributed by atoms with E-state index < -0.39 is 18.1 Å². The van der Waals surface area contributed by atoms with Crippen molar-refractivity contribution in [2.45, 2.75) is 39.3 Å². The molecule has 0 spiro atoms. The monoisotopic (exact) mass is 322 g/mol. The average Bonchev–Trinajstić information content (AvgIpc) is 2.54. The lowest BCUT2D eigenvalue weighted by molar-refractivity contribution is -0.144. The predicted octanol–water partition coefficient (Wildman–Crippen LogP) is 1.54. The van der Waals surface area contributed by atoms with Crippen molar-refractivity contribution in [2.75, 3.05) is 7.11 Å². The molecule has 0 aliphatic rings. The number of hydrogen-bond donors (Lipinski definition) is 2. The van der Waals surface area contributed by atoms with Gasteiger partial charge in [-0.2, -0.15) is 0 Å². The van der Waals surface area contributed by atoms with Crippen LogP contribution in [0.2, 0.25) is 0 Å². The third-order valence-corrected chi connectivity index (χ3v) is 2.91. The minimum atomic E-state index is -0.652. The molecule has 1 aromatic carbocycles. The number of methoxy groups -OCH3 is 1. The number of amides is 1. The summed E-state index contributed by atoms with van der Waals surface area (Å²) in [6.45, 7) is 5.53. The Morgan fingerprint density at radius 3 is 2.17 bits per heavy atom. The lowest BCUT2D eigenvalue weighted by Crippen LogP contribution is -2.47. The van der Waals surface area contributed by atoms with Gasteiger partial charge in [-0.05, 0) is 19.3 Å². The smallest absolute Gasteiger partial charge is 0.328 e. The largest absolute Gasteiger partial charge is 0.467 e. The number of carbonyl (C=O) groups is 3. The minimum absolute atomic E-state index is 0.318. The van der Waals surface area contributed by atoms with Crippen LogP contribution in [0, 0.1) is 5.92 Å². The highest BCUT2D eigenvalue weighted by atomic mass is 16.5. The molecule has 1 aromatic rings. The quantitative estimate of drug-likeness (QED) is 0.611. The van der Waals surface area contributed by atoms with Gasteiger partial charge in [0.05, 0.1) is 13.2 Å². The van der Waals surface area contributed by atoms with Crippen LogP contribution in [-0.4, -0.2) is 37.4 Å². The van der Waals surface area contributed by atoms with Gasteiger partial charge in [0.1, 0.15) is 12.3 Å². The number of carbonyl (C=O) groups excluding carboxylic acids is 3. The average molecular weight is 322 g/mol. The number of aldehydes is 1. The zero-order valence-corrected chi connectivity index (χ0v) is 14.1. The molecule has 0 saturated carbocycles. The van der Waals surface area contributed by atoms with E-state index in [0.29, 0.717) is 12.3 Å². The first-order valence-corrected chi connectivity index (χ1v) is 7.45. The highest BCUT2D eigenvalue weighted by molar-refractivity contribution is 5.87. The second-order valence-electron chi connectivity index (χ2n) is 5.52. The second-order valence-corrected chi connectivity index (χ2v) is 5.52. The van der Waals surface area contributed by atoms with Gasteiger partial charge in [0, 0.05) is 5.56 Å². The van der Waals surface area contributed by atoms with E-state index in [1.54, 1.807) is 19.1 Å². The summed E-state index contributed by atoms with van der Waals surface area (Å²) in [6.07, 6.45) is 1.43. The van der Waals surface area contributed by atoms with Gasteiger partial charge in [0.15, 0.2) is 0 Å². The number of benzene rings is 1. The van der Waals surface area contributed by atoms with Crippen molar-refractivity contribution in [1.29, 1.82) is 0 Å². The molecular formula is C17H26N2O4. The van der Waals surface area contributed by atoms with Crippen LogP contribution in [0.4, 0.5) is 0 Å². The van der Waals surface area contributed by atoms with Crippen molar-refractivity contribution < 1.29 is 19.1 Å². The SMILES string of the molecule is COC(=O)[C@H](C)NC(=O)[C@@H](N)CC(C)C.O=Cc1ccccc1. The Bertz CT molecular complexity index is 489. The molecule has 0 unspecified atom stereocenters. The van der Waals surface area contributed by atoms with Gasteiger partial charge in [0.2, 0.25) is 5.91 Å². The summed E-state index contributed by atoms with van der Waals surface area (Å²) < 4.78 is 4.48. The van der Waals surface area contributed by atoms with Crippen molar-refractivity contribution in [2.24, 2.45) is 11.7 Å². The van der Waals surface area contributed by atoms with Gasteiger partial charge < -0.3 is 15.8 Å². The zero-order chi connectivity index (χ0) is 17.8. The van der Waals surface area contributed by atoms with E-state index in [2.05, 4.69) is 10.1 Å². The molecule has 0 bridgehead atoms. The van der Waals surface area contributed by atoms with Gasteiger partial charge >= 0.3 is 5.97 Å². The predicted molar refractivity (Wildman–Crippen MR) is 88.9 cm³/mol. The lowest BCUT2D eigenvalue weighted by Gasteiger charge is -2.17. The van der Waals surface area contributed by atoms with Gasteiger partial charge in [0.25, 0.3) is 0 Å². The van der Waals surface area contributed by atoms with Crippen LogP contribution in [0.5, 0.6) is 0 Å². The van der Waals surface area contributed by atoms with Crippen molar-refractivity contribution in [3.05, 3.63) is 35.9 Å². The molecule has 0 saturated heterocycles. The van der Waals surface area contributed by atoms with E-state index in [4.69, 9.17) is 5.73 Å². The molecule has 1 rings (SSSR count). The zero-order valence-electron chi connectivity index (χ0n) is 14.1. The molecule has 0 fully saturated rings. The number of nitrogens with two attached hydrogens (primary N) is 1. The Labute approximate surface area is 137 Å². The summed E-state index contributed by atoms with van der Waals surface area (Å²) in [5.41, 5.74) is 6.37. The van der Waals surface area contributed by atoms with Gasteiger partial charge in [-0.25, -0.2) is 4.79 Å². The first-order chi connectivity index (χ1) is 10.8. The highest BCUT2D eigenvalue weighted by Crippen LogP contribution is 2.02. The van der Waals surface area contributed by atoms with E-state index in [1.807, 2.05) is 32.0 Å². The molecule has 23 heavy (non-hydrogen) atoms. The molecule has 0 aromatic heterocycles. The number of esters is 1. The van der Waals surface area contributed by atoms with Crippen LogP contribution in [-0.2, 0) is 14.3 Å². The number of nitrogens with one attached hydrogen (secondary N) is 1. The fourth-order valence-corrected chi connectivity index (χ4v) is 1.70. The molecule has 1 amide bonds. The number of rotatable bonds is 6. The van der Waals surface area contributed by atoms with Crippen molar-refractivity contribution in [1.82, 2.24) is 5.32 Å². The molecule has 0 radical (unpaired) electrons. The van der Waals surface area contributed by atoms with Crippen molar-refractivity contribution in [3.63, 3.8) is 0 Å². The summed E-state index contributed by atoms with van der Waals surface area (Å²) in [5, 5.41) is 2.50. The summed E-state index contributed by atoms with van der Waals surface area (Å²) in [4.78, 5) is 32.5. The third kappa shape index (κ3) is 9.42. The van der Waals surface area contributed by atoms with Crippen LogP contribution < -0.4 is 11.1 Å². The van der Waals surface area contributed by atoms with Gasteiger partial charge in [-0.1, -0.05) is 44.2 Å². The minimum Gasteiger partial charge on any atom is -0.467 e.